The van der Waals surface area contributed by atoms with Gasteiger partial charge in [-0.25, -0.2) is 0 Å². The van der Waals surface area contributed by atoms with Crippen LogP contribution >= 0.6 is 11.8 Å². The number of nitrogens with zero attached hydrogens (tertiary/aromatic N) is 1. The first-order chi connectivity index (χ1) is 13.0. The summed E-state index contributed by atoms with van der Waals surface area (Å²) in [6.07, 6.45) is 1.61. The first-order valence-electron chi connectivity index (χ1n) is 9.36. The van der Waals surface area contributed by atoms with Crippen LogP contribution in [-0.4, -0.2) is 41.6 Å². The van der Waals surface area contributed by atoms with Crippen molar-refractivity contribution in [2.75, 3.05) is 18.8 Å². The third-order valence-corrected chi connectivity index (χ3v) is 5.95. The van der Waals surface area contributed by atoms with Crippen LogP contribution in [0.3, 0.4) is 0 Å². The quantitative estimate of drug-likeness (QED) is 0.800. The van der Waals surface area contributed by atoms with Gasteiger partial charge < -0.3 is 10.2 Å². The number of rotatable bonds is 5. The molecule has 1 heterocycles. The number of likely N-dealkylation sites (tertiary alicyclic amines) is 1. The molecule has 2 aromatic rings. The molecule has 5 heteroatoms. The number of nitrogens with one attached hydrogen (secondary N) is 1. The molecule has 0 saturated carbocycles. The lowest BCUT2D eigenvalue weighted by atomic mass is 10.0. The lowest BCUT2D eigenvalue weighted by Crippen LogP contribution is -2.47. The summed E-state index contributed by atoms with van der Waals surface area (Å²) in [5.41, 5.74) is 2.93. The topological polar surface area (TPSA) is 49.4 Å². The average Bonchev–Trinajstić information content (AvgIpc) is 2.68. The Morgan fingerprint density at radius 2 is 1.70 bits per heavy atom. The zero-order chi connectivity index (χ0) is 19.2. The van der Waals surface area contributed by atoms with Crippen LogP contribution in [0.15, 0.2) is 53.4 Å². The van der Waals surface area contributed by atoms with Crippen molar-refractivity contribution in [1.82, 2.24) is 10.2 Å². The van der Waals surface area contributed by atoms with E-state index in [0.29, 0.717) is 18.8 Å². The highest BCUT2D eigenvalue weighted by molar-refractivity contribution is 8.00. The van der Waals surface area contributed by atoms with Crippen molar-refractivity contribution in [3.8, 4) is 0 Å². The maximum Gasteiger partial charge on any atom is 0.251 e. The highest BCUT2D eigenvalue weighted by Crippen LogP contribution is 2.20. The lowest BCUT2D eigenvalue weighted by Gasteiger charge is -2.32. The van der Waals surface area contributed by atoms with E-state index in [2.05, 4.69) is 36.5 Å². The normalized spacial score (nSPS) is 14.8. The molecule has 0 spiro atoms. The molecule has 27 heavy (non-hydrogen) atoms. The van der Waals surface area contributed by atoms with E-state index in [0.717, 1.165) is 28.9 Å². The maximum atomic E-state index is 12.5. The van der Waals surface area contributed by atoms with Gasteiger partial charge >= 0.3 is 0 Å². The van der Waals surface area contributed by atoms with Crippen LogP contribution in [0.1, 0.15) is 34.3 Å². The Hall–Kier alpha value is -2.27. The maximum absolute atomic E-state index is 12.5. The molecule has 0 atom stereocenters. The van der Waals surface area contributed by atoms with E-state index in [9.17, 15) is 9.59 Å². The molecule has 142 valence electrons. The molecule has 0 aromatic heterocycles. The molecule has 4 nitrogen and oxygen atoms in total. The van der Waals surface area contributed by atoms with Gasteiger partial charge in [-0.15, -0.1) is 11.8 Å². The number of carbonyl (C=O) groups excluding carboxylic acids is 2. The molecule has 1 saturated heterocycles. The van der Waals surface area contributed by atoms with Crippen LogP contribution in [0.2, 0.25) is 0 Å². The molecule has 2 aromatic carbocycles. The summed E-state index contributed by atoms with van der Waals surface area (Å²) in [5, 5.41) is 3.12. The predicted molar refractivity (Wildman–Crippen MR) is 110 cm³/mol. The summed E-state index contributed by atoms with van der Waals surface area (Å²) in [4.78, 5) is 27.9. The second-order valence-corrected chi connectivity index (χ2v) is 8.09. The van der Waals surface area contributed by atoms with Gasteiger partial charge in [0.15, 0.2) is 0 Å². The number of thioether (sulfide) groups is 1. The van der Waals surface area contributed by atoms with Crippen LogP contribution in [0.25, 0.3) is 0 Å². The van der Waals surface area contributed by atoms with Gasteiger partial charge in [0.05, 0.1) is 5.75 Å². The minimum Gasteiger partial charge on any atom is -0.349 e. The summed E-state index contributed by atoms with van der Waals surface area (Å²) in [7, 11) is 0. The second kappa shape index (κ2) is 9.09. The zero-order valence-corrected chi connectivity index (χ0v) is 16.7. The second-order valence-electron chi connectivity index (χ2n) is 7.05. The van der Waals surface area contributed by atoms with Gasteiger partial charge in [0, 0.05) is 29.6 Å². The van der Waals surface area contributed by atoms with Crippen molar-refractivity contribution < 1.29 is 9.59 Å². The number of hydrogen-bond acceptors (Lipinski definition) is 3. The number of piperidine rings is 1. The molecule has 0 unspecified atom stereocenters. The van der Waals surface area contributed by atoms with Crippen molar-refractivity contribution in [3.63, 3.8) is 0 Å². The standard InChI is InChI=1S/C22H26N2O2S/c1-16-7-9-19(10-8-16)27-15-21(25)24-13-11-18(12-14-24)23-22(26)20-6-4-3-5-17(20)2/h3-10,18H,11-15H2,1-2H3,(H,23,26). The third kappa shape index (κ3) is 5.36. The van der Waals surface area contributed by atoms with Gasteiger partial charge in [-0.05, 0) is 50.5 Å². The Kier molecular flexibility index (Phi) is 6.56. The monoisotopic (exact) mass is 382 g/mol. The molecule has 1 aliphatic rings. The van der Waals surface area contributed by atoms with Crippen molar-refractivity contribution in [2.45, 2.75) is 37.6 Å². The van der Waals surface area contributed by atoms with Crippen LogP contribution in [0, 0.1) is 13.8 Å². The van der Waals surface area contributed by atoms with E-state index in [1.165, 1.54) is 5.56 Å². The smallest absolute Gasteiger partial charge is 0.251 e. The van der Waals surface area contributed by atoms with Crippen LogP contribution in [0.5, 0.6) is 0 Å². The Morgan fingerprint density at radius 3 is 2.37 bits per heavy atom. The minimum absolute atomic E-state index is 0.0206. The number of amides is 2. The Balaban J connectivity index is 1.44. The van der Waals surface area contributed by atoms with E-state index < -0.39 is 0 Å². The lowest BCUT2D eigenvalue weighted by molar-refractivity contribution is -0.129. The van der Waals surface area contributed by atoms with Crippen molar-refractivity contribution in [3.05, 3.63) is 65.2 Å². The van der Waals surface area contributed by atoms with Gasteiger partial charge in [-0.2, -0.15) is 0 Å². The third-order valence-electron chi connectivity index (χ3n) is 4.96. The fraction of sp³-hybridized carbons (Fsp3) is 0.364. The summed E-state index contributed by atoms with van der Waals surface area (Å²) < 4.78 is 0. The fourth-order valence-electron chi connectivity index (χ4n) is 3.23. The summed E-state index contributed by atoms with van der Waals surface area (Å²) >= 11 is 1.58. The minimum atomic E-state index is -0.0206. The number of carbonyl (C=O) groups is 2. The van der Waals surface area contributed by atoms with E-state index in [4.69, 9.17) is 0 Å². The van der Waals surface area contributed by atoms with E-state index in [-0.39, 0.29) is 17.9 Å². The molecule has 2 amide bonds. The highest BCUT2D eigenvalue weighted by Gasteiger charge is 2.24. The van der Waals surface area contributed by atoms with Crippen LogP contribution in [0.4, 0.5) is 0 Å². The summed E-state index contributed by atoms with van der Waals surface area (Å²) in [6, 6.07) is 16.0. The molecule has 3 rings (SSSR count). The number of hydrogen-bond donors (Lipinski definition) is 1. The summed E-state index contributed by atoms with van der Waals surface area (Å²) in [6.45, 7) is 5.40. The SMILES string of the molecule is Cc1ccc(SCC(=O)N2CCC(NC(=O)c3ccccc3C)CC2)cc1. The molecule has 1 fully saturated rings. The van der Waals surface area contributed by atoms with E-state index in [1.807, 2.05) is 36.1 Å². The van der Waals surface area contributed by atoms with Gasteiger partial charge in [0.1, 0.15) is 0 Å². The summed E-state index contributed by atoms with van der Waals surface area (Å²) in [5.74, 6) is 0.612. The molecule has 1 aliphatic heterocycles. The Bertz CT molecular complexity index is 796. The van der Waals surface area contributed by atoms with Gasteiger partial charge in [-0.3, -0.25) is 9.59 Å². The first-order valence-corrected chi connectivity index (χ1v) is 10.4. The first kappa shape index (κ1) is 19.5. The number of aryl methyl sites for hydroxylation is 2. The van der Waals surface area contributed by atoms with Crippen LogP contribution in [-0.2, 0) is 4.79 Å². The van der Waals surface area contributed by atoms with E-state index >= 15 is 0 Å². The molecule has 1 N–H and O–H groups in total. The van der Waals surface area contributed by atoms with Gasteiger partial charge in [0.25, 0.3) is 5.91 Å². The Morgan fingerprint density at radius 1 is 1.04 bits per heavy atom. The van der Waals surface area contributed by atoms with Crippen molar-refractivity contribution in [2.24, 2.45) is 0 Å². The molecular formula is C22H26N2O2S. The molecule has 0 bridgehead atoms. The predicted octanol–water partition coefficient (Wildman–Crippen LogP) is 3.82. The molecular weight excluding hydrogens is 356 g/mol. The fourth-order valence-corrected chi connectivity index (χ4v) is 4.04. The van der Waals surface area contributed by atoms with Crippen LogP contribution < -0.4 is 5.32 Å². The number of benzene rings is 2. The molecule has 0 radical (unpaired) electrons. The van der Waals surface area contributed by atoms with Gasteiger partial charge in [0.2, 0.25) is 5.91 Å². The molecule has 0 aliphatic carbocycles. The highest BCUT2D eigenvalue weighted by atomic mass is 32.2. The zero-order valence-electron chi connectivity index (χ0n) is 15.9. The Labute approximate surface area is 165 Å². The van der Waals surface area contributed by atoms with E-state index in [1.54, 1.807) is 11.8 Å². The van der Waals surface area contributed by atoms with Crippen molar-refractivity contribution >= 4 is 23.6 Å². The van der Waals surface area contributed by atoms with Crippen molar-refractivity contribution in [1.29, 1.82) is 0 Å². The van der Waals surface area contributed by atoms with Gasteiger partial charge in [-0.1, -0.05) is 35.9 Å². The average molecular weight is 383 g/mol. The largest absolute Gasteiger partial charge is 0.349 e.